The Morgan fingerprint density at radius 2 is 2.45 bits per heavy atom. The van der Waals surface area contributed by atoms with Crippen LogP contribution in [-0.4, -0.2) is 31.3 Å². The molecule has 1 N–H and O–H groups in total. The van der Waals surface area contributed by atoms with E-state index >= 15 is 0 Å². The molecule has 2 rings (SSSR count). The highest BCUT2D eigenvalue weighted by molar-refractivity contribution is 6.30. The van der Waals surface area contributed by atoms with E-state index < -0.39 is 6.10 Å². The maximum Gasteiger partial charge on any atom is 0.261 e. The molecule has 1 aliphatic heterocycles. The van der Waals surface area contributed by atoms with Crippen molar-refractivity contribution >= 4 is 17.5 Å². The third-order valence-electron chi connectivity index (χ3n) is 3.27. The van der Waals surface area contributed by atoms with Crippen molar-refractivity contribution in [1.82, 2.24) is 5.32 Å². The molecule has 0 spiro atoms. The fourth-order valence-corrected chi connectivity index (χ4v) is 2.34. The van der Waals surface area contributed by atoms with Gasteiger partial charge in [-0.25, -0.2) is 0 Å². The van der Waals surface area contributed by atoms with E-state index in [0.717, 1.165) is 19.4 Å². The molecule has 1 heterocycles. The standard InChI is InChI=1S/C15H20ClNO3/c1-2-14(20-12-6-3-5-11(16)9-12)15(18)17-10-13-7-4-8-19-13/h3,5-6,9,13-14H,2,4,7-8,10H2,1H3,(H,17,18)/t13-,14+/m0/s1. The van der Waals surface area contributed by atoms with Crippen LogP contribution < -0.4 is 10.1 Å². The van der Waals surface area contributed by atoms with E-state index in [1.54, 1.807) is 24.3 Å². The van der Waals surface area contributed by atoms with Crippen LogP contribution in [0.3, 0.4) is 0 Å². The first-order valence-corrected chi connectivity index (χ1v) is 7.38. The fourth-order valence-electron chi connectivity index (χ4n) is 2.16. The van der Waals surface area contributed by atoms with Crippen LogP contribution in [0.5, 0.6) is 5.75 Å². The number of carbonyl (C=O) groups excluding carboxylic acids is 1. The highest BCUT2D eigenvalue weighted by Gasteiger charge is 2.21. The number of amides is 1. The molecular formula is C15H20ClNO3. The average molecular weight is 298 g/mol. The third-order valence-corrected chi connectivity index (χ3v) is 3.50. The van der Waals surface area contributed by atoms with Gasteiger partial charge in [0.05, 0.1) is 6.10 Å². The van der Waals surface area contributed by atoms with E-state index in [1.807, 2.05) is 6.92 Å². The summed E-state index contributed by atoms with van der Waals surface area (Å²) in [5.74, 6) is 0.500. The second-order valence-corrected chi connectivity index (χ2v) is 5.29. The Morgan fingerprint density at radius 1 is 1.60 bits per heavy atom. The van der Waals surface area contributed by atoms with Crippen LogP contribution in [0.1, 0.15) is 26.2 Å². The molecule has 1 aliphatic rings. The summed E-state index contributed by atoms with van der Waals surface area (Å²) in [6, 6.07) is 7.07. The van der Waals surface area contributed by atoms with Crippen LogP contribution in [0, 0.1) is 0 Å². The highest BCUT2D eigenvalue weighted by Crippen LogP contribution is 2.19. The zero-order valence-electron chi connectivity index (χ0n) is 11.6. The van der Waals surface area contributed by atoms with Crippen molar-refractivity contribution in [2.45, 2.75) is 38.4 Å². The molecule has 1 fully saturated rings. The van der Waals surface area contributed by atoms with Gasteiger partial charge in [0, 0.05) is 18.2 Å². The van der Waals surface area contributed by atoms with Gasteiger partial charge in [-0.15, -0.1) is 0 Å². The first kappa shape index (κ1) is 15.1. The van der Waals surface area contributed by atoms with Gasteiger partial charge in [-0.2, -0.15) is 0 Å². The summed E-state index contributed by atoms with van der Waals surface area (Å²) in [5, 5.41) is 3.48. The second kappa shape index (κ2) is 7.50. The Labute approximate surface area is 124 Å². The van der Waals surface area contributed by atoms with Crippen molar-refractivity contribution < 1.29 is 14.3 Å². The molecule has 0 radical (unpaired) electrons. The van der Waals surface area contributed by atoms with E-state index in [4.69, 9.17) is 21.1 Å². The van der Waals surface area contributed by atoms with Crippen molar-refractivity contribution in [2.75, 3.05) is 13.2 Å². The van der Waals surface area contributed by atoms with Gasteiger partial charge in [0.1, 0.15) is 5.75 Å². The molecule has 2 atom stereocenters. The minimum atomic E-state index is -0.505. The molecule has 0 aliphatic carbocycles. The number of benzene rings is 1. The smallest absolute Gasteiger partial charge is 0.261 e. The van der Waals surface area contributed by atoms with Gasteiger partial charge in [0.25, 0.3) is 5.91 Å². The highest BCUT2D eigenvalue weighted by atomic mass is 35.5. The maximum absolute atomic E-state index is 12.1. The topological polar surface area (TPSA) is 47.6 Å². The van der Waals surface area contributed by atoms with E-state index in [0.29, 0.717) is 23.7 Å². The van der Waals surface area contributed by atoms with Gasteiger partial charge in [0.2, 0.25) is 0 Å². The Kier molecular flexibility index (Phi) is 5.68. The number of hydrogen-bond acceptors (Lipinski definition) is 3. The van der Waals surface area contributed by atoms with Crippen molar-refractivity contribution in [1.29, 1.82) is 0 Å². The van der Waals surface area contributed by atoms with E-state index in [1.165, 1.54) is 0 Å². The van der Waals surface area contributed by atoms with Gasteiger partial charge in [0.15, 0.2) is 6.10 Å². The van der Waals surface area contributed by atoms with E-state index in [-0.39, 0.29) is 12.0 Å². The summed E-state index contributed by atoms with van der Waals surface area (Å²) in [6.07, 6.45) is 2.31. The van der Waals surface area contributed by atoms with E-state index in [9.17, 15) is 4.79 Å². The molecule has 20 heavy (non-hydrogen) atoms. The normalized spacial score (nSPS) is 19.6. The van der Waals surface area contributed by atoms with Gasteiger partial charge in [-0.05, 0) is 37.5 Å². The lowest BCUT2D eigenvalue weighted by Gasteiger charge is -2.18. The Balaban J connectivity index is 1.85. The molecule has 0 saturated carbocycles. The molecule has 0 bridgehead atoms. The first-order valence-electron chi connectivity index (χ1n) is 7.00. The summed E-state index contributed by atoms with van der Waals surface area (Å²) in [6.45, 7) is 3.26. The van der Waals surface area contributed by atoms with Crippen LogP contribution in [-0.2, 0) is 9.53 Å². The van der Waals surface area contributed by atoms with Crippen LogP contribution in [0.4, 0.5) is 0 Å². The van der Waals surface area contributed by atoms with Crippen molar-refractivity contribution in [3.05, 3.63) is 29.3 Å². The quantitative estimate of drug-likeness (QED) is 0.878. The van der Waals surface area contributed by atoms with Crippen LogP contribution in [0.2, 0.25) is 5.02 Å². The van der Waals surface area contributed by atoms with Crippen molar-refractivity contribution in [2.24, 2.45) is 0 Å². The van der Waals surface area contributed by atoms with Gasteiger partial charge >= 0.3 is 0 Å². The molecule has 4 nitrogen and oxygen atoms in total. The zero-order valence-corrected chi connectivity index (χ0v) is 12.4. The zero-order chi connectivity index (χ0) is 14.4. The molecule has 1 amide bonds. The molecule has 1 saturated heterocycles. The molecule has 5 heteroatoms. The summed E-state index contributed by atoms with van der Waals surface area (Å²) < 4.78 is 11.2. The minimum absolute atomic E-state index is 0.108. The van der Waals surface area contributed by atoms with Crippen LogP contribution in [0.25, 0.3) is 0 Å². The number of rotatable bonds is 6. The number of halogens is 1. The summed E-state index contributed by atoms with van der Waals surface area (Å²) >= 11 is 5.90. The fraction of sp³-hybridized carbons (Fsp3) is 0.533. The molecule has 0 aromatic heterocycles. The summed E-state index contributed by atoms with van der Waals surface area (Å²) in [5.41, 5.74) is 0. The van der Waals surface area contributed by atoms with Crippen molar-refractivity contribution in [3.8, 4) is 5.75 Å². The Morgan fingerprint density at radius 3 is 3.10 bits per heavy atom. The summed E-state index contributed by atoms with van der Waals surface area (Å²) in [4.78, 5) is 12.1. The Bertz CT molecular complexity index is 446. The maximum atomic E-state index is 12.1. The number of carbonyl (C=O) groups is 1. The molecule has 0 unspecified atom stereocenters. The van der Waals surface area contributed by atoms with Crippen molar-refractivity contribution in [3.63, 3.8) is 0 Å². The molecule has 110 valence electrons. The van der Waals surface area contributed by atoms with Gasteiger partial charge in [-0.3, -0.25) is 4.79 Å². The van der Waals surface area contributed by atoms with Crippen LogP contribution >= 0.6 is 11.6 Å². The first-order chi connectivity index (χ1) is 9.69. The minimum Gasteiger partial charge on any atom is -0.481 e. The number of ether oxygens (including phenoxy) is 2. The number of hydrogen-bond donors (Lipinski definition) is 1. The molecular weight excluding hydrogens is 278 g/mol. The third kappa shape index (κ3) is 4.39. The lowest BCUT2D eigenvalue weighted by Crippen LogP contribution is -2.41. The monoisotopic (exact) mass is 297 g/mol. The molecule has 1 aromatic rings. The van der Waals surface area contributed by atoms with Gasteiger partial charge < -0.3 is 14.8 Å². The second-order valence-electron chi connectivity index (χ2n) is 4.85. The Hall–Kier alpha value is -1.26. The summed E-state index contributed by atoms with van der Waals surface area (Å²) in [7, 11) is 0. The molecule has 1 aromatic carbocycles. The largest absolute Gasteiger partial charge is 0.481 e. The predicted octanol–water partition coefficient (Wildman–Crippen LogP) is 2.79. The lowest BCUT2D eigenvalue weighted by atomic mass is 10.2. The van der Waals surface area contributed by atoms with E-state index in [2.05, 4.69) is 5.32 Å². The average Bonchev–Trinajstić information content (AvgIpc) is 2.95. The lowest BCUT2D eigenvalue weighted by molar-refractivity contribution is -0.128. The number of nitrogens with one attached hydrogen (secondary N) is 1. The van der Waals surface area contributed by atoms with Gasteiger partial charge in [-0.1, -0.05) is 24.6 Å². The predicted molar refractivity (Wildman–Crippen MR) is 78.1 cm³/mol. The van der Waals surface area contributed by atoms with Crippen LogP contribution in [0.15, 0.2) is 24.3 Å². The SMILES string of the molecule is CC[C@@H](Oc1cccc(Cl)c1)C(=O)NC[C@@H]1CCCO1.